The molecule has 0 spiro atoms. The maximum Gasteiger partial charge on any atom is 0.203 e. The van der Waals surface area contributed by atoms with Gasteiger partial charge in [0.15, 0.2) is 5.65 Å². The minimum atomic E-state index is 0.686. The Bertz CT molecular complexity index is 770. The quantitative estimate of drug-likeness (QED) is 0.719. The fraction of sp³-hybridized carbons (Fsp3) is 0.333. The van der Waals surface area contributed by atoms with Gasteiger partial charge in [0.2, 0.25) is 5.82 Å². The van der Waals surface area contributed by atoms with Crippen molar-refractivity contribution in [2.45, 2.75) is 19.8 Å². The van der Waals surface area contributed by atoms with E-state index in [-0.39, 0.29) is 0 Å². The molecule has 0 N–H and O–H groups in total. The van der Waals surface area contributed by atoms with Gasteiger partial charge >= 0.3 is 0 Å². The maximum absolute atomic E-state index is 4.69. The van der Waals surface area contributed by atoms with E-state index in [0.717, 1.165) is 35.8 Å². The first kappa shape index (κ1) is 12.3. The Hall–Kier alpha value is -2.50. The number of aryl methyl sites for hydroxylation is 1. The van der Waals surface area contributed by atoms with Crippen LogP contribution >= 0.6 is 0 Å². The fourth-order valence-corrected chi connectivity index (χ4v) is 2.65. The number of fused-ring (bicyclic) bond motifs is 1. The molecule has 0 unspecified atom stereocenters. The molecule has 0 amide bonds. The number of anilines is 1. The van der Waals surface area contributed by atoms with Gasteiger partial charge in [0, 0.05) is 19.3 Å². The van der Waals surface area contributed by atoms with E-state index >= 15 is 0 Å². The van der Waals surface area contributed by atoms with E-state index in [1.165, 1.54) is 12.8 Å². The van der Waals surface area contributed by atoms with E-state index in [2.05, 4.69) is 20.1 Å². The molecule has 0 saturated carbocycles. The van der Waals surface area contributed by atoms with E-state index in [0.29, 0.717) is 5.82 Å². The lowest BCUT2D eigenvalue weighted by Crippen LogP contribution is -2.19. The molecule has 6 nitrogen and oxygen atoms in total. The van der Waals surface area contributed by atoms with E-state index in [9.17, 15) is 0 Å². The summed E-state index contributed by atoms with van der Waals surface area (Å²) in [5, 5.41) is 13.1. The first-order valence-corrected chi connectivity index (χ1v) is 7.22. The van der Waals surface area contributed by atoms with Crippen molar-refractivity contribution in [3.05, 3.63) is 36.0 Å². The van der Waals surface area contributed by atoms with Crippen molar-refractivity contribution >= 4 is 11.5 Å². The Balaban J connectivity index is 1.81. The van der Waals surface area contributed by atoms with E-state index < -0.39 is 0 Å². The van der Waals surface area contributed by atoms with Crippen LogP contribution in [0.3, 0.4) is 0 Å². The predicted octanol–water partition coefficient (Wildman–Crippen LogP) is 2.09. The van der Waals surface area contributed by atoms with Crippen LogP contribution in [0.15, 0.2) is 30.5 Å². The summed E-state index contributed by atoms with van der Waals surface area (Å²) < 4.78 is 1.78. The van der Waals surface area contributed by atoms with Crippen LogP contribution in [0.2, 0.25) is 0 Å². The van der Waals surface area contributed by atoms with E-state index in [1.54, 1.807) is 4.52 Å². The number of pyridine rings is 1. The summed E-state index contributed by atoms with van der Waals surface area (Å²) in [5.41, 5.74) is 2.66. The molecular formula is C15H16N6. The molecule has 1 aliphatic heterocycles. The summed E-state index contributed by atoms with van der Waals surface area (Å²) in [6.07, 6.45) is 4.29. The van der Waals surface area contributed by atoms with E-state index in [1.807, 2.05) is 37.4 Å². The van der Waals surface area contributed by atoms with Gasteiger partial charge in [-0.2, -0.15) is 4.52 Å². The smallest absolute Gasteiger partial charge is 0.203 e. The third-order valence-electron chi connectivity index (χ3n) is 3.82. The Morgan fingerprint density at radius 1 is 1.00 bits per heavy atom. The highest BCUT2D eigenvalue weighted by Gasteiger charge is 2.16. The van der Waals surface area contributed by atoms with Gasteiger partial charge < -0.3 is 4.90 Å². The SMILES string of the molecule is Cc1ccc(-c2nnc3ccc(N4CCCC4)nn23)nc1. The largest absolute Gasteiger partial charge is 0.355 e. The number of hydrogen-bond donors (Lipinski definition) is 0. The highest BCUT2D eigenvalue weighted by molar-refractivity contribution is 5.56. The summed E-state index contributed by atoms with van der Waals surface area (Å²) in [7, 11) is 0. The second-order valence-electron chi connectivity index (χ2n) is 5.40. The summed E-state index contributed by atoms with van der Waals surface area (Å²) >= 11 is 0. The zero-order valence-corrected chi connectivity index (χ0v) is 11.9. The Morgan fingerprint density at radius 2 is 1.86 bits per heavy atom. The maximum atomic E-state index is 4.69. The molecule has 0 aliphatic carbocycles. The van der Waals surface area contributed by atoms with Crippen molar-refractivity contribution < 1.29 is 0 Å². The topological polar surface area (TPSA) is 59.2 Å². The highest BCUT2D eigenvalue weighted by Crippen LogP contribution is 2.20. The highest BCUT2D eigenvalue weighted by atomic mass is 15.4. The third-order valence-corrected chi connectivity index (χ3v) is 3.82. The van der Waals surface area contributed by atoms with Gasteiger partial charge in [-0.15, -0.1) is 15.3 Å². The second-order valence-corrected chi connectivity index (χ2v) is 5.40. The number of hydrogen-bond acceptors (Lipinski definition) is 5. The zero-order chi connectivity index (χ0) is 14.2. The van der Waals surface area contributed by atoms with Crippen molar-refractivity contribution in [1.29, 1.82) is 0 Å². The number of nitrogens with zero attached hydrogens (tertiary/aromatic N) is 6. The number of rotatable bonds is 2. The molecule has 0 atom stereocenters. The van der Waals surface area contributed by atoms with Gasteiger partial charge in [-0.1, -0.05) is 6.07 Å². The average Bonchev–Trinajstić information content (AvgIpc) is 3.17. The molecule has 1 aliphatic rings. The van der Waals surface area contributed by atoms with Crippen LogP contribution in [-0.2, 0) is 0 Å². The molecule has 0 radical (unpaired) electrons. The molecule has 0 aromatic carbocycles. The molecule has 6 heteroatoms. The molecule has 106 valence electrons. The molecular weight excluding hydrogens is 264 g/mol. The number of aromatic nitrogens is 5. The third kappa shape index (κ3) is 2.12. The monoisotopic (exact) mass is 280 g/mol. The van der Waals surface area contributed by atoms with E-state index in [4.69, 9.17) is 5.10 Å². The van der Waals surface area contributed by atoms with Crippen LogP contribution < -0.4 is 4.90 Å². The standard InChI is InChI=1S/C15H16N6/c1-11-4-5-12(16-10-11)15-18-17-13-6-7-14(19-21(13)15)20-8-2-3-9-20/h4-7,10H,2-3,8-9H2,1H3. The van der Waals surface area contributed by atoms with Gasteiger partial charge in [-0.05, 0) is 43.5 Å². The van der Waals surface area contributed by atoms with Crippen molar-refractivity contribution in [2.75, 3.05) is 18.0 Å². The molecule has 21 heavy (non-hydrogen) atoms. The fourth-order valence-electron chi connectivity index (χ4n) is 2.65. The van der Waals surface area contributed by atoms with Gasteiger partial charge in [0.05, 0.1) is 0 Å². The van der Waals surface area contributed by atoms with Crippen LogP contribution in [0.1, 0.15) is 18.4 Å². The van der Waals surface area contributed by atoms with Crippen molar-refractivity contribution in [2.24, 2.45) is 0 Å². The zero-order valence-electron chi connectivity index (χ0n) is 11.9. The molecule has 1 saturated heterocycles. The van der Waals surface area contributed by atoms with Crippen LogP contribution in [0.4, 0.5) is 5.82 Å². The van der Waals surface area contributed by atoms with Crippen LogP contribution in [0, 0.1) is 6.92 Å². The van der Waals surface area contributed by atoms with Gasteiger partial charge in [-0.25, -0.2) is 0 Å². The van der Waals surface area contributed by atoms with Crippen LogP contribution in [-0.4, -0.2) is 37.9 Å². The molecule has 3 aromatic heterocycles. The summed E-state index contributed by atoms with van der Waals surface area (Å²) in [4.78, 5) is 6.72. The average molecular weight is 280 g/mol. The molecule has 4 heterocycles. The molecule has 1 fully saturated rings. The minimum Gasteiger partial charge on any atom is -0.355 e. The van der Waals surface area contributed by atoms with Gasteiger partial charge in [0.1, 0.15) is 11.5 Å². The minimum absolute atomic E-state index is 0.686. The van der Waals surface area contributed by atoms with Crippen molar-refractivity contribution in [3.8, 4) is 11.5 Å². The summed E-state index contributed by atoms with van der Waals surface area (Å²) in [5.74, 6) is 1.67. The van der Waals surface area contributed by atoms with Gasteiger partial charge in [0.25, 0.3) is 0 Å². The Labute approximate surface area is 122 Å². The molecule has 4 rings (SSSR count). The second kappa shape index (κ2) is 4.80. The summed E-state index contributed by atoms with van der Waals surface area (Å²) in [6, 6.07) is 7.96. The molecule has 0 bridgehead atoms. The van der Waals surface area contributed by atoms with Crippen molar-refractivity contribution in [3.63, 3.8) is 0 Å². The first-order chi connectivity index (χ1) is 10.3. The summed E-state index contributed by atoms with van der Waals surface area (Å²) in [6.45, 7) is 4.15. The Morgan fingerprint density at radius 3 is 2.62 bits per heavy atom. The lowest BCUT2D eigenvalue weighted by Gasteiger charge is -2.15. The molecule has 3 aromatic rings. The van der Waals surface area contributed by atoms with Crippen LogP contribution in [0.5, 0.6) is 0 Å². The first-order valence-electron chi connectivity index (χ1n) is 7.22. The lowest BCUT2D eigenvalue weighted by atomic mass is 10.3. The predicted molar refractivity (Wildman–Crippen MR) is 80.2 cm³/mol. The van der Waals surface area contributed by atoms with Gasteiger partial charge in [-0.3, -0.25) is 4.98 Å². The van der Waals surface area contributed by atoms with Crippen LogP contribution in [0.25, 0.3) is 17.2 Å². The normalized spacial score (nSPS) is 15.0. The lowest BCUT2D eigenvalue weighted by molar-refractivity contribution is 0.858. The van der Waals surface area contributed by atoms with Crippen molar-refractivity contribution in [1.82, 2.24) is 24.8 Å². The Kier molecular flexibility index (Phi) is 2.80.